The van der Waals surface area contributed by atoms with Crippen LogP contribution in [0.3, 0.4) is 0 Å². The van der Waals surface area contributed by atoms with Crippen molar-refractivity contribution in [3.63, 3.8) is 0 Å². The molecule has 0 bridgehead atoms. The smallest absolute Gasteiger partial charge is 0.336 e. The van der Waals surface area contributed by atoms with E-state index in [4.69, 9.17) is 0 Å². The first-order chi connectivity index (χ1) is 17.7. The maximum absolute atomic E-state index is 13.2. The Morgan fingerprint density at radius 1 is 0.605 bits per heavy atom. The van der Waals surface area contributed by atoms with E-state index in [2.05, 4.69) is 53.9 Å². The molecule has 0 aliphatic heterocycles. The summed E-state index contributed by atoms with van der Waals surface area (Å²) in [6.45, 7) is 17.5. The third kappa shape index (κ3) is 4.39. The first-order valence-corrected chi connectivity index (χ1v) is 19.5. The summed E-state index contributed by atoms with van der Waals surface area (Å²) in [5, 5.41) is 26.8. The summed E-state index contributed by atoms with van der Waals surface area (Å²) >= 11 is 0. The Morgan fingerprint density at radius 2 is 0.921 bits per heavy atom. The average Bonchev–Trinajstić information content (AvgIpc) is 2.85. The van der Waals surface area contributed by atoms with E-state index in [1.807, 2.05) is 60.7 Å². The van der Waals surface area contributed by atoms with Gasteiger partial charge in [0.1, 0.15) is 0 Å². The van der Waals surface area contributed by atoms with Crippen molar-refractivity contribution < 1.29 is 19.8 Å². The summed E-state index contributed by atoms with van der Waals surface area (Å²) in [4.78, 5) is 26.4. The normalized spacial score (nSPS) is 12.6. The Balaban J connectivity index is 2.39. The van der Waals surface area contributed by atoms with Gasteiger partial charge in [-0.3, -0.25) is 0 Å². The van der Waals surface area contributed by atoms with Crippen LogP contribution in [-0.2, 0) is 0 Å². The van der Waals surface area contributed by atoms with Crippen LogP contribution < -0.4 is 10.4 Å². The summed E-state index contributed by atoms with van der Waals surface area (Å²) in [6.07, 6.45) is 0. The summed E-state index contributed by atoms with van der Waals surface area (Å²) in [5.41, 5.74) is 2.17. The Hall–Kier alpha value is -3.23. The molecule has 0 aliphatic carbocycles. The number of hydrogen-bond donors (Lipinski definition) is 2. The van der Waals surface area contributed by atoms with E-state index in [9.17, 15) is 19.8 Å². The van der Waals surface area contributed by atoms with Crippen LogP contribution in [0.4, 0.5) is 0 Å². The van der Waals surface area contributed by atoms with E-state index in [0.29, 0.717) is 22.2 Å². The number of carbonyl (C=O) groups is 2. The summed E-state index contributed by atoms with van der Waals surface area (Å²) in [7, 11) is -4.49. The number of carboxylic acid groups (broad SMARTS) is 2. The lowest BCUT2D eigenvalue weighted by Crippen LogP contribution is -2.48. The second-order valence-corrected chi connectivity index (χ2v) is 22.4. The molecule has 2 N–H and O–H groups in total. The van der Waals surface area contributed by atoms with E-state index in [1.165, 1.54) is 0 Å². The minimum absolute atomic E-state index is 0.253. The highest BCUT2D eigenvalue weighted by Gasteiger charge is 2.38. The molecule has 0 spiro atoms. The molecule has 4 aromatic rings. The lowest BCUT2D eigenvalue weighted by molar-refractivity contribution is 0.0686. The molecule has 0 atom stereocenters. The molecule has 4 rings (SSSR count). The fraction of sp³-hybridized carbons (Fsp3) is 0.312. The number of fused-ring (bicyclic) bond motifs is 2. The van der Waals surface area contributed by atoms with Crippen LogP contribution in [0, 0.1) is 0 Å². The third-order valence-corrected chi connectivity index (χ3v) is 18.4. The summed E-state index contributed by atoms with van der Waals surface area (Å²) in [6, 6.07) is 19.7. The van der Waals surface area contributed by atoms with Crippen molar-refractivity contribution in [1.82, 2.24) is 0 Å². The van der Waals surface area contributed by atoms with Crippen molar-refractivity contribution in [2.75, 3.05) is 0 Å². The molecule has 198 valence electrons. The maximum Gasteiger partial charge on any atom is 0.336 e. The van der Waals surface area contributed by atoms with Crippen LogP contribution in [0.2, 0.25) is 37.3 Å². The second kappa shape index (κ2) is 9.82. The van der Waals surface area contributed by atoms with Crippen molar-refractivity contribution in [2.24, 2.45) is 0 Å². The molecule has 0 radical (unpaired) electrons. The van der Waals surface area contributed by atoms with Gasteiger partial charge in [0.2, 0.25) is 0 Å². The van der Waals surface area contributed by atoms with Gasteiger partial charge in [0.25, 0.3) is 0 Å². The predicted octanol–water partition coefficient (Wildman–Crippen LogP) is 7.71. The van der Waals surface area contributed by atoms with Gasteiger partial charge in [0.05, 0.1) is 27.3 Å². The molecule has 0 fully saturated rings. The molecule has 0 amide bonds. The Bertz CT molecular complexity index is 1460. The van der Waals surface area contributed by atoms with E-state index < -0.39 is 28.1 Å². The summed E-state index contributed by atoms with van der Waals surface area (Å²) in [5.74, 6) is -2.01. The monoisotopic (exact) mass is 542 g/mol. The molecule has 38 heavy (non-hydrogen) atoms. The molecule has 0 aliphatic rings. The highest BCUT2D eigenvalue weighted by Crippen LogP contribution is 2.41. The van der Waals surface area contributed by atoms with Crippen molar-refractivity contribution in [1.29, 1.82) is 0 Å². The summed E-state index contributed by atoms with van der Waals surface area (Å²) < 4.78 is 0. The van der Waals surface area contributed by atoms with E-state index in [1.54, 1.807) is 0 Å². The minimum Gasteiger partial charge on any atom is -0.478 e. The molecule has 0 saturated carbocycles. The molecule has 0 heterocycles. The number of benzene rings is 4. The third-order valence-electron chi connectivity index (χ3n) is 9.05. The molecule has 4 aromatic carbocycles. The minimum atomic E-state index is -2.25. The quantitative estimate of drug-likeness (QED) is 0.235. The van der Waals surface area contributed by atoms with Crippen LogP contribution in [0.1, 0.15) is 48.4 Å². The number of carboxylic acids is 2. The molecular formula is C32H38O4Si2. The first-order valence-electron chi connectivity index (χ1n) is 13.3. The van der Waals surface area contributed by atoms with Gasteiger partial charge in [-0.05, 0) is 43.0 Å². The lowest BCUT2D eigenvalue weighted by Gasteiger charge is -2.33. The molecule has 4 nitrogen and oxygen atoms in total. The van der Waals surface area contributed by atoms with Crippen LogP contribution in [0.15, 0.2) is 60.7 Å². The average molecular weight is 543 g/mol. The maximum atomic E-state index is 13.2. The van der Waals surface area contributed by atoms with Crippen molar-refractivity contribution in [2.45, 2.75) is 65.0 Å². The van der Waals surface area contributed by atoms with Crippen LogP contribution in [-0.4, -0.2) is 38.3 Å². The van der Waals surface area contributed by atoms with E-state index in [-0.39, 0.29) is 11.1 Å². The zero-order chi connectivity index (χ0) is 28.2. The molecule has 0 aromatic heterocycles. The van der Waals surface area contributed by atoms with E-state index >= 15 is 0 Å². The number of aromatic carboxylic acids is 2. The number of hydrogen-bond acceptors (Lipinski definition) is 2. The largest absolute Gasteiger partial charge is 0.478 e. The van der Waals surface area contributed by atoms with Crippen molar-refractivity contribution in [3.8, 4) is 11.1 Å². The van der Waals surface area contributed by atoms with Gasteiger partial charge in [0.15, 0.2) is 0 Å². The fourth-order valence-electron chi connectivity index (χ4n) is 5.30. The van der Waals surface area contributed by atoms with Gasteiger partial charge >= 0.3 is 11.9 Å². The zero-order valence-electron chi connectivity index (χ0n) is 23.6. The van der Waals surface area contributed by atoms with Gasteiger partial charge in [-0.2, -0.15) is 0 Å². The van der Waals surface area contributed by atoms with Crippen LogP contribution in [0.25, 0.3) is 32.7 Å². The highest BCUT2D eigenvalue weighted by molar-refractivity contribution is 6.92. The lowest BCUT2D eigenvalue weighted by atomic mass is 9.87. The molecule has 6 heteroatoms. The van der Waals surface area contributed by atoms with E-state index in [0.717, 1.165) is 31.9 Å². The molecule has 0 saturated heterocycles. The van der Waals surface area contributed by atoms with Gasteiger partial charge < -0.3 is 10.2 Å². The van der Waals surface area contributed by atoms with Gasteiger partial charge in [-0.1, -0.05) is 115 Å². The van der Waals surface area contributed by atoms with Gasteiger partial charge in [0, 0.05) is 11.1 Å². The number of rotatable bonds is 7. The Labute approximate surface area is 227 Å². The Kier molecular flexibility index (Phi) is 7.19. The van der Waals surface area contributed by atoms with Gasteiger partial charge in [-0.25, -0.2) is 9.59 Å². The standard InChI is InChI=1S/C32H38O4Si2/c1-19(2)37(5,6)25-17-21-13-9-11-15-23(21)27(29(25)31(33)34)28-24-16-12-10-14-22(24)18-26(30(28)32(35)36)38(7,8)20(3)4/h9-20H,1-8H3,(H,33,34)(H,35,36). The molecule has 0 unspecified atom stereocenters. The fourth-order valence-corrected chi connectivity index (χ4v) is 9.35. The SMILES string of the molecule is CC(C)[Si](C)(C)c1cc2ccccc2c(-c2c(C(=O)O)c([Si](C)(C)C(C)C)cc3ccccc23)c1C(=O)O. The van der Waals surface area contributed by atoms with Gasteiger partial charge in [-0.15, -0.1) is 0 Å². The topological polar surface area (TPSA) is 74.6 Å². The highest BCUT2D eigenvalue weighted by atomic mass is 28.3. The first kappa shape index (κ1) is 27.8. The van der Waals surface area contributed by atoms with Crippen LogP contribution in [0.5, 0.6) is 0 Å². The Morgan fingerprint density at radius 3 is 1.21 bits per heavy atom. The predicted molar refractivity (Wildman–Crippen MR) is 165 cm³/mol. The second-order valence-electron chi connectivity index (χ2n) is 12.2. The van der Waals surface area contributed by atoms with Crippen molar-refractivity contribution >= 4 is 60.0 Å². The van der Waals surface area contributed by atoms with Crippen LogP contribution >= 0.6 is 0 Å². The zero-order valence-corrected chi connectivity index (χ0v) is 25.6. The molecular weight excluding hydrogens is 505 g/mol. The van der Waals surface area contributed by atoms with Crippen molar-refractivity contribution in [3.05, 3.63) is 71.8 Å².